The van der Waals surface area contributed by atoms with E-state index in [-0.39, 0.29) is 10.9 Å². The van der Waals surface area contributed by atoms with Gasteiger partial charge in [0.15, 0.2) is 0 Å². The monoisotopic (exact) mass is 246 g/mol. The van der Waals surface area contributed by atoms with E-state index in [0.29, 0.717) is 5.88 Å². The second kappa shape index (κ2) is 5.32. The lowest BCUT2D eigenvalue weighted by molar-refractivity contribution is -0.385. The second-order valence-corrected chi connectivity index (χ2v) is 4.89. The summed E-state index contributed by atoms with van der Waals surface area (Å²) in [5, 5.41) is 11.5. The minimum atomic E-state index is -0.445. The Kier molecular flexibility index (Phi) is 4.35. The fourth-order valence-electron chi connectivity index (χ4n) is 0.993. The number of hydrogen-bond donors (Lipinski definition) is 0. The highest BCUT2D eigenvalue weighted by Crippen LogP contribution is 2.27. The maximum Gasteiger partial charge on any atom is 0.287 e. The number of hydrogen-bond acceptors (Lipinski definition) is 4. The van der Waals surface area contributed by atoms with Crippen LogP contribution in [-0.2, 0) is 0 Å². The van der Waals surface area contributed by atoms with Crippen molar-refractivity contribution in [2.45, 2.75) is 24.1 Å². The van der Waals surface area contributed by atoms with Crippen LogP contribution < -0.4 is 0 Å². The number of nitro groups is 1. The smallest absolute Gasteiger partial charge is 0.258 e. The summed E-state index contributed by atoms with van der Waals surface area (Å²) in [6.45, 7) is 3.80. The van der Waals surface area contributed by atoms with Crippen LogP contribution in [0, 0.1) is 17.0 Å². The topological polar surface area (TPSA) is 56.0 Å². The molecular weight excluding hydrogens is 236 g/mol. The van der Waals surface area contributed by atoms with Crippen LogP contribution in [0.25, 0.3) is 0 Å². The Hall–Kier alpha value is -0.810. The third-order valence-electron chi connectivity index (χ3n) is 1.76. The van der Waals surface area contributed by atoms with Crippen molar-refractivity contribution >= 4 is 29.1 Å². The van der Waals surface area contributed by atoms with Gasteiger partial charge in [0.1, 0.15) is 6.20 Å². The molecule has 0 bridgehead atoms. The molecule has 1 aromatic rings. The molecule has 1 aromatic heterocycles. The average molecular weight is 247 g/mol. The summed E-state index contributed by atoms with van der Waals surface area (Å²) in [7, 11) is 0. The van der Waals surface area contributed by atoms with Gasteiger partial charge in [0.2, 0.25) is 0 Å². The van der Waals surface area contributed by atoms with Gasteiger partial charge in [-0.2, -0.15) is 0 Å². The summed E-state index contributed by atoms with van der Waals surface area (Å²) < 4.78 is 0. The van der Waals surface area contributed by atoms with Crippen LogP contribution in [0.15, 0.2) is 17.3 Å². The molecule has 0 saturated carbocycles. The van der Waals surface area contributed by atoms with Crippen LogP contribution in [0.2, 0.25) is 0 Å². The number of pyridine rings is 1. The van der Waals surface area contributed by atoms with Crippen molar-refractivity contribution < 1.29 is 4.92 Å². The predicted octanol–water partition coefficient (Wildman–Crippen LogP) is 3.02. The maximum absolute atomic E-state index is 10.5. The molecule has 1 atom stereocenters. The third-order valence-corrected chi connectivity index (χ3v) is 3.62. The van der Waals surface area contributed by atoms with Crippen molar-refractivity contribution in [1.82, 2.24) is 4.98 Å². The van der Waals surface area contributed by atoms with Crippen LogP contribution in [0.4, 0.5) is 5.69 Å². The zero-order valence-electron chi connectivity index (χ0n) is 8.44. The normalized spacial score (nSPS) is 12.5. The lowest BCUT2D eigenvalue weighted by atomic mass is 10.3. The van der Waals surface area contributed by atoms with Crippen molar-refractivity contribution in [1.29, 1.82) is 0 Å². The molecule has 0 N–H and O–H groups in total. The Morgan fingerprint density at radius 1 is 1.73 bits per heavy atom. The summed E-state index contributed by atoms with van der Waals surface area (Å²) in [5.41, 5.74) is 0.835. The van der Waals surface area contributed by atoms with Gasteiger partial charge in [-0.3, -0.25) is 10.1 Å². The van der Waals surface area contributed by atoms with Gasteiger partial charge in [0, 0.05) is 17.2 Å². The lowest BCUT2D eigenvalue weighted by Gasteiger charge is -2.08. The van der Waals surface area contributed by atoms with E-state index in [1.807, 2.05) is 13.8 Å². The van der Waals surface area contributed by atoms with Crippen molar-refractivity contribution in [2.24, 2.45) is 0 Å². The molecule has 1 heterocycles. The van der Waals surface area contributed by atoms with Gasteiger partial charge in [0.05, 0.1) is 9.95 Å². The predicted molar refractivity (Wildman–Crippen MR) is 61.7 cm³/mol. The van der Waals surface area contributed by atoms with Crippen molar-refractivity contribution in [2.75, 3.05) is 5.88 Å². The van der Waals surface area contributed by atoms with Crippen LogP contribution >= 0.6 is 23.4 Å². The van der Waals surface area contributed by atoms with Crippen LogP contribution in [0.3, 0.4) is 0 Å². The van der Waals surface area contributed by atoms with Crippen LogP contribution in [-0.4, -0.2) is 21.0 Å². The molecule has 4 nitrogen and oxygen atoms in total. The standard InChI is InChI=1S/C9H11ClN2O2S/c1-6-3-8(12(13)14)5-11-9(6)15-7(2)4-10/h3,5,7H,4H2,1-2H3. The molecule has 0 aliphatic rings. The zero-order chi connectivity index (χ0) is 11.4. The van der Waals surface area contributed by atoms with Gasteiger partial charge in [-0.25, -0.2) is 4.98 Å². The molecule has 6 heteroatoms. The highest BCUT2D eigenvalue weighted by molar-refractivity contribution is 8.00. The van der Waals surface area contributed by atoms with Gasteiger partial charge < -0.3 is 0 Å². The van der Waals surface area contributed by atoms with Crippen molar-refractivity contribution in [3.05, 3.63) is 27.9 Å². The first-order chi connectivity index (χ1) is 7.04. The van der Waals surface area contributed by atoms with Crippen LogP contribution in [0.1, 0.15) is 12.5 Å². The molecule has 82 valence electrons. The SMILES string of the molecule is Cc1cc([N+](=O)[O-])cnc1SC(C)CCl. The van der Waals surface area contributed by atoms with Gasteiger partial charge in [-0.05, 0) is 12.5 Å². The van der Waals surface area contributed by atoms with E-state index < -0.39 is 4.92 Å². The van der Waals surface area contributed by atoms with E-state index >= 15 is 0 Å². The Morgan fingerprint density at radius 3 is 2.87 bits per heavy atom. The molecule has 0 aliphatic heterocycles. The molecule has 0 radical (unpaired) electrons. The minimum absolute atomic E-state index is 0.0235. The Morgan fingerprint density at radius 2 is 2.40 bits per heavy atom. The lowest BCUT2D eigenvalue weighted by Crippen LogP contribution is -2.00. The minimum Gasteiger partial charge on any atom is -0.258 e. The van der Waals surface area contributed by atoms with Crippen molar-refractivity contribution in [3.63, 3.8) is 0 Å². The second-order valence-electron chi connectivity index (χ2n) is 3.16. The molecule has 15 heavy (non-hydrogen) atoms. The first-order valence-electron chi connectivity index (χ1n) is 4.38. The summed E-state index contributed by atoms with van der Waals surface area (Å²) in [6, 6.07) is 1.52. The highest BCUT2D eigenvalue weighted by Gasteiger charge is 2.11. The fraction of sp³-hybridized carbons (Fsp3) is 0.444. The zero-order valence-corrected chi connectivity index (χ0v) is 10.0. The van der Waals surface area contributed by atoms with E-state index in [4.69, 9.17) is 11.6 Å². The number of thioether (sulfide) groups is 1. The Bertz CT molecular complexity index is 373. The quantitative estimate of drug-likeness (QED) is 0.355. The molecule has 0 fully saturated rings. The molecule has 0 aliphatic carbocycles. The molecule has 0 spiro atoms. The molecule has 1 rings (SSSR count). The average Bonchev–Trinajstić information content (AvgIpc) is 2.20. The molecule has 1 unspecified atom stereocenters. The summed E-state index contributed by atoms with van der Waals surface area (Å²) >= 11 is 7.20. The fourth-order valence-corrected chi connectivity index (χ4v) is 1.98. The molecular formula is C9H11ClN2O2S. The summed E-state index contributed by atoms with van der Waals surface area (Å²) in [4.78, 5) is 14.1. The highest BCUT2D eigenvalue weighted by atomic mass is 35.5. The van der Waals surface area contributed by atoms with E-state index in [9.17, 15) is 10.1 Å². The Labute approximate surface area is 97.2 Å². The molecule has 0 amide bonds. The summed E-state index contributed by atoms with van der Waals surface area (Å²) in [6.07, 6.45) is 1.27. The number of alkyl halides is 1. The third kappa shape index (κ3) is 3.35. The number of aryl methyl sites for hydroxylation is 1. The number of halogens is 1. The molecule has 0 aromatic carbocycles. The first kappa shape index (κ1) is 12.3. The Balaban J connectivity index is 2.88. The largest absolute Gasteiger partial charge is 0.287 e. The van der Waals surface area contributed by atoms with E-state index in [0.717, 1.165) is 10.6 Å². The van der Waals surface area contributed by atoms with Gasteiger partial charge in [0.25, 0.3) is 5.69 Å². The number of nitrogens with zero attached hydrogens (tertiary/aromatic N) is 2. The van der Waals surface area contributed by atoms with E-state index in [2.05, 4.69) is 4.98 Å². The van der Waals surface area contributed by atoms with Gasteiger partial charge >= 0.3 is 0 Å². The number of rotatable bonds is 4. The van der Waals surface area contributed by atoms with Crippen molar-refractivity contribution in [3.8, 4) is 0 Å². The first-order valence-corrected chi connectivity index (χ1v) is 5.79. The van der Waals surface area contributed by atoms with E-state index in [1.165, 1.54) is 24.0 Å². The number of aromatic nitrogens is 1. The van der Waals surface area contributed by atoms with E-state index in [1.54, 1.807) is 0 Å². The van der Waals surface area contributed by atoms with Gasteiger partial charge in [-0.1, -0.05) is 6.92 Å². The van der Waals surface area contributed by atoms with Crippen LogP contribution in [0.5, 0.6) is 0 Å². The summed E-state index contributed by atoms with van der Waals surface area (Å²) in [5.74, 6) is 0.531. The molecule has 0 saturated heterocycles. The van der Waals surface area contributed by atoms with Gasteiger partial charge in [-0.15, -0.1) is 23.4 Å². The maximum atomic E-state index is 10.5.